The molecule has 2 nitrogen and oxygen atoms in total. The average molecular weight is 223 g/mol. The van der Waals surface area contributed by atoms with Crippen molar-refractivity contribution in [2.24, 2.45) is 0 Å². The van der Waals surface area contributed by atoms with E-state index >= 15 is 0 Å². The lowest BCUT2D eigenvalue weighted by molar-refractivity contribution is 0.687. The van der Waals surface area contributed by atoms with Crippen molar-refractivity contribution in [3.8, 4) is 0 Å². The minimum atomic E-state index is 0.766. The molecule has 0 unspecified atom stereocenters. The van der Waals surface area contributed by atoms with E-state index in [9.17, 15) is 0 Å². The van der Waals surface area contributed by atoms with E-state index in [1.54, 1.807) is 0 Å². The summed E-state index contributed by atoms with van der Waals surface area (Å²) >= 11 is 6.24. The van der Waals surface area contributed by atoms with Gasteiger partial charge in [-0.15, -0.1) is 0 Å². The van der Waals surface area contributed by atoms with E-state index in [4.69, 9.17) is 11.6 Å². The van der Waals surface area contributed by atoms with Crippen molar-refractivity contribution >= 4 is 17.3 Å². The number of anilines is 1. The minimum absolute atomic E-state index is 0.766. The number of nitrogens with zero attached hydrogens (tertiary/aromatic N) is 1. The van der Waals surface area contributed by atoms with Crippen molar-refractivity contribution in [1.82, 2.24) is 5.32 Å². The summed E-state index contributed by atoms with van der Waals surface area (Å²) in [4.78, 5) is 2.52. The third-order valence-corrected chi connectivity index (χ3v) is 3.58. The molecule has 3 heteroatoms. The van der Waals surface area contributed by atoms with Crippen LogP contribution in [0.25, 0.3) is 0 Å². The molecule has 1 aliphatic carbocycles. The average Bonchev–Trinajstić information content (AvgIpc) is 3.03. The van der Waals surface area contributed by atoms with Crippen LogP contribution in [0.1, 0.15) is 18.4 Å². The third-order valence-electron chi connectivity index (χ3n) is 3.22. The van der Waals surface area contributed by atoms with Crippen LogP contribution in [0.15, 0.2) is 18.2 Å². The van der Waals surface area contributed by atoms with Gasteiger partial charge in [-0.1, -0.05) is 17.7 Å². The van der Waals surface area contributed by atoms with Crippen LogP contribution in [0.5, 0.6) is 0 Å². The van der Waals surface area contributed by atoms with Gasteiger partial charge in [0.25, 0.3) is 0 Å². The van der Waals surface area contributed by atoms with Crippen LogP contribution in [-0.4, -0.2) is 19.1 Å². The fourth-order valence-corrected chi connectivity index (χ4v) is 2.53. The summed E-state index contributed by atoms with van der Waals surface area (Å²) < 4.78 is 0. The Hall–Kier alpha value is -0.730. The molecule has 0 saturated heterocycles. The van der Waals surface area contributed by atoms with Crippen molar-refractivity contribution in [2.75, 3.05) is 18.0 Å². The number of benzene rings is 1. The molecular formula is C12H15ClN2. The zero-order valence-corrected chi connectivity index (χ0v) is 9.43. The second-order valence-electron chi connectivity index (χ2n) is 4.34. The quantitative estimate of drug-likeness (QED) is 0.785. The molecule has 15 heavy (non-hydrogen) atoms. The Morgan fingerprint density at radius 2 is 2.20 bits per heavy atom. The number of fused-ring (bicyclic) bond motifs is 1. The predicted molar refractivity (Wildman–Crippen MR) is 63.5 cm³/mol. The molecule has 0 bridgehead atoms. The maximum absolute atomic E-state index is 6.24. The summed E-state index contributed by atoms with van der Waals surface area (Å²) in [5.74, 6) is 0. The van der Waals surface area contributed by atoms with Crippen molar-refractivity contribution in [1.29, 1.82) is 0 Å². The molecule has 0 atom stereocenters. The fourth-order valence-electron chi connectivity index (χ4n) is 2.29. The Morgan fingerprint density at radius 1 is 1.33 bits per heavy atom. The molecule has 1 heterocycles. The van der Waals surface area contributed by atoms with Crippen LogP contribution < -0.4 is 10.2 Å². The molecule has 80 valence electrons. The van der Waals surface area contributed by atoms with E-state index in [-0.39, 0.29) is 0 Å². The highest BCUT2D eigenvalue weighted by molar-refractivity contribution is 6.31. The number of rotatable bonds is 1. The van der Waals surface area contributed by atoms with Crippen LogP contribution in [0.2, 0.25) is 5.02 Å². The van der Waals surface area contributed by atoms with Crippen LogP contribution in [-0.2, 0) is 6.54 Å². The van der Waals surface area contributed by atoms with Gasteiger partial charge in [-0.05, 0) is 25.0 Å². The standard InChI is InChI=1S/C12H15ClN2/c13-11-2-1-3-12-10(11)8-14-6-7-15(12)9-4-5-9/h1-3,9,14H,4-8H2. The zero-order valence-electron chi connectivity index (χ0n) is 8.67. The summed E-state index contributed by atoms with van der Waals surface area (Å²) in [6.45, 7) is 3.07. The normalized spacial score (nSPS) is 21.0. The maximum Gasteiger partial charge on any atom is 0.0471 e. The Balaban J connectivity index is 2.04. The molecule has 0 amide bonds. The van der Waals surface area contributed by atoms with Gasteiger partial charge in [-0.2, -0.15) is 0 Å². The van der Waals surface area contributed by atoms with Gasteiger partial charge in [0.2, 0.25) is 0 Å². The van der Waals surface area contributed by atoms with E-state index in [2.05, 4.69) is 22.3 Å². The monoisotopic (exact) mass is 222 g/mol. The van der Waals surface area contributed by atoms with Crippen LogP contribution in [0.3, 0.4) is 0 Å². The van der Waals surface area contributed by atoms with Crippen molar-refractivity contribution in [3.05, 3.63) is 28.8 Å². The lowest BCUT2D eigenvalue weighted by atomic mass is 10.1. The number of hydrogen-bond donors (Lipinski definition) is 1. The lowest BCUT2D eigenvalue weighted by Gasteiger charge is -2.24. The predicted octanol–water partition coefficient (Wildman–Crippen LogP) is 2.41. The highest BCUT2D eigenvalue weighted by Crippen LogP contribution is 2.36. The number of hydrogen-bond acceptors (Lipinski definition) is 2. The van der Waals surface area contributed by atoms with Gasteiger partial charge < -0.3 is 10.2 Å². The molecule has 2 aliphatic rings. The Kier molecular flexibility index (Phi) is 2.33. The topological polar surface area (TPSA) is 15.3 Å². The van der Waals surface area contributed by atoms with E-state index < -0.39 is 0 Å². The zero-order chi connectivity index (χ0) is 10.3. The maximum atomic E-state index is 6.24. The van der Waals surface area contributed by atoms with Crippen LogP contribution in [0, 0.1) is 0 Å². The Morgan fingerprint density at radius 3 is 3.00 bits per heavy atom. The molecular weight excluding hydrogens is 208 g/mol. The van der Waals surface area contributed by atoms with E-state index in [0.717, 1.165) is 30.7 Å². The first-order valence-electron chi connectivity index (χ1n) is 5.61. The van der Waals surface area contributed by atoms with Gasteiger partial charge in [-0.3, -0.25) is 0 Å². The number of nitrogens with one attached hydrogen (secondary N) is 1. The van der Waals surface area contributed by atoms with Gasteiger partial charge in [0.1, 0.15) is 0 Å². The summed E-state index contributed by atoms with van der Waals surface area (Å²) in [6.07, 6.45) is 2.68. The first kappa shape index (κ1) is 9.49. The number of halogens is 1. The van der Waals surface area contributed by atoms with Gasteiger partial charge >= 0.3 is 0 Å². The second-order valence-corrected chi connectivity index (χ2v) is 4.75. The van der Waals surface area contributed by atoms with Crippen molar-refractivity contribution in [3.63, 3.8) is 0 Å². The largest absolute Gasteiger partial charge is 0.367 e. The molecule has 0 spiro atoms. The fraction of sp³-hybridized carbons (Fsp3) is 0.500. The molecule has 3 rings (SSSR count). The molecule has 0 aromatic heterocycles. The van der Waals surface area contributed by atoms with Gasteiger partial charge in [0.15, 0.2) is 0 Å². The molecule has 1 N–H and O–H groups in total. The third kappa shape index (κ3) is 1.72. The highest BCUT2D eigenvalue weighted by Gasteiger charge is 2.31. The minimum Gasteiger partial charge on any atom is -0.367 e. The first-order valence-corrected chi connectivity index (χ1v) is 5.99. The van der Waals surface area contributed by atoms with Gasteiger partial charge in [0.05, 0.1) is 0 Å². The van der Waals surface area contributed by atoms with Crippen LogP contribution in [0.4, 0.5) is 5.69 Å². The smallest absolute Gasteiger partial charge is 0.0471 e. The first-order chi connectivity index (χ1) is 7.36. The van der Waals surface area contributed by atoms with E-state index in [1.165, 1.54) is 24.1 Å². The van der Waals surface area contributed by atoms with E-state index in [0.29, 0.717) is 0 Å². The van der Waals surface area contributed by atoms with Crippen molar-refractivity contribution < 1.29 is 0 Å². The molecule has 1 saturated carbocycles. The SMILES string of the molecule is Clc1cccc2c1CNCCN2C1CC1. The molecule has 1 aliphatic heterocycles. The van der Waals surface area contributed by atoms with Crippen LogP contribution >= 0.6 is 11.6 Å². The molecule has 0 radical (unpaired) electrons. The Bertz CT molecular complexity index is 374. The summed E-state index contributed by atoms with van der Waals surface area (Å²) in [5, 5.41) is 4.33. The highest BCUT2D eigenvalue weighted by atomic mass is 35.5. The molecule has 1 aromatic rings. The summed E-state index contributed by atoms with van der Waals surface area (Å²) in [6, 6.07) is 7.01. The van der Waals surface area contributed by atoms with Gasteiger partial charge in [0, 0.05) is 41.9 Å². The summed E-state index contributed by atoms with van der Waals surface area (Å²) in [7, 11) is 0. The lowest BCUT2D eigenvalue weighted by Crippen LogP contribution is -2.30. The van der Waals surface area contributed by atoms with E-state index in [1.807, 2.05) is 6.07 Å². The molecule has 1 fully saturated rings. The van der Waals surface area contributed by atoms with Gasteiger partial charge in [-0.25, -0.2) is 0 Å². The second kappa shape index (κ2) is 3.69. The summed E-state index contributed by atoms with van der Waals surface area (Å²) in [5.41, 5.74) is 2.61. The van der Waals surface area contributed by atoms with Crippen molar-refractivity contribution in [2.45, 2.75) is 25.4 Å². The Labute approximate surface area is 95.2 Å². The molecule has 1 aromatic carbocycles.